The first-order valence-corrected chi connectivity index (χ1v) is 12.0. The average molecular weight is 488 g/mol. The lowest BCUT2D eigenvalue weighted by Gasteiger charge is -2.19. The zero-order chi connectivity index (χ0) is 24.2. The van der Waals surface area contributed by atoms with Crippen molar-refractivity contribution in [3.63, 3.8) is 0 Å². The van der Waals surface area contributed by atoms with Crippen LogP contribution in [0.25, 0.3) is 0 Å². The quantitative estimate of drug-likeness (QED) is 0.352. The van der Waals surface area contributed by atoms with E-state index in [0.29, 0.717) is 27.8 Å². The lowest BCUT2D eigenvalue weighted by Crippen LogP contribution is -2.31. The van der Waals surface area contributed by atoms with E-state index < -0.39 is 11.2 Å². The molecule has 0 bridgehead atoms. The fourth-order valence-corrected chi connectivity index (χ4v) is 5.36. The Morgan fingerprint density at radius 2 is 1.68 bits per heavy atom. The average Bonchev–Trinajstić information content (AvgIpc) is 3.14. The fraction of sp³-hybridized carbons (Fsp3) is 0.148. The zero-order valence-electron chi connectivity index (χ0n) is 18.7. The molecule has 4 rings (SSSR count). The molecule has 7 heteroatoms. The summed E-state index contributed by atoms with van der Waals surface area (Å²) in [6, 6.07) is 24.2. The van der Waals surface area contributed by atoms with Gasteiger partial charge in [-0.25, -0.2) is 0 Å². The van der Waals surface area contributed by atoms with Crippen molar-refractivity contribution in [3.05, 3.63) is 105 Å². The van der Waals surface area contributed by atoms with Crippen molar-refractivity contribution in [2.24, 2.45) is 0 Å². The molecular formula is C27H22ClN3O2S. The highest BCUT2D eigenvalue weighted by Crippen LogP contribution is 2.42. The molecule has 0 aliphatic carbocycles. The van der Waals surface area contributed by atoms with Crippen LogP contribution in [0.15, 0.2) is 83.4 Å². The fourth-order valence-electron chi connectivity index (χ4n) is 3.85. The van der Waals surface area contributed by atoms with Crippen LogP contribution in [0.3, 0.4) is 0 Å². The van der Waals surface area contributed by atoms with Gasteiger partial charge < -0.3 is 5.32 Å². The van der Waals surface area contributed by atoms with Crippen LogP contribution in [-0.2, 0) is 16.0 Å². The highest BCUT2D eigenvalue weighted by Gasteiger charge is 2.41. The summed E-state index contributed by atoms with van der Waals surface area (Å²) in [4.78, 5) is 28.3. The topological polar surface area (TPSA) is 73.2 Å². The molecule has 0 spiro atoms. The Bertz CT molecular complexity index is 1310. The molecule has 0 radical (unpaired) electrons. The van der Waals surface area contributed by atoms with Gasteiger partial charge >= 0.3 is 0 Å². The van der Waals surface area contributed by atoms with Crippen LogP contribution in [0, 0.1) is 25.2 Å². The van der Waals surface area contributed by atoms with Crippen molar-refractivity contribution in [3.8, 4) is 6.07 Å². The molecule has 1 atom stereocenters. The van der Waals surface area contributed by atoms with Gasteiger partial charge in [-0.15, -0.1) is 0 Å². The minimum absolute atomic E-state index is 0.105. The summed E-state index contributed by atoms with van der Waals surface area (Å²) in [5.74, 6) is -0.742. The second-order valence-corrected chi connectivity index (χ2v) is 9.52. The van der Waals surface area contributed by atoms with E-state index in [1.807, 2.05) is 74.5 Å². The SMILES string of the molecule is Cc1cccc(C)c1NC(=O)/C(C#N)=C1\S[C@@H](Cc2ccccc2Cl)C(=O)N1c1ccccc1. The Labute approximate surface area is 208 Å². The smallest absolute Gasteiger partial charge is 0.269 e. The normalized spacial score (nSPS) is 16.8. The summed E-state index contributed by atoms with van der Waals surface area (Å²) >= 11 is 7.56. The molecule has 0 unspecified atom stereocenters. The maximum atomic E-state index is 13.5. The van der Waals surface area contributed by atoms with Gasteiger partial charge in [0.25, 0.3) is 5.91 Å². The molecule has 2 amide bonds. The molecule has 1 N–H and O–H groups in total. The van der Waals surface area contributed by atoms with E-state index in [4.69, 9.17) is 11.6 Å². The van der Waals surface area contributed by atoms with Crippen molar-refractivity contribution < 1.29 is 9.59 Å². The number of nitriles is 1. The van der Waals surface area contributed by atoms with Crippen LogP contribution in [0.2, 0.25) is 5.02 Å². The van der Waals surface area contributed by atoms with Gasteiger partial charge in [-0.1, -0.05) is 78.0 Å². The van der Waals surface area contributed by atoms with Crippen molar-refractivity contribution in [2.75, 3.05) is 10.2 Å². The molecule has 1 aliphatic rings. The van der Waals surface area contributed by atoms with Crippen LogP contribution < -0.4 is 10.2 Å². The number of thioether (sulfide) groups is 1. The van der Waals surface area contributed by atoms with E-state index in [9.17, 15) is 14.9 Å². The van der Waals surface area contributed by atoms with E-state index in [-0.39, 0.29) is 11.5 Å². The van der Waals surface area contributed by atoms with Crippen LogP contribution in [0.5, 0.6) is 0 Å². The lowest BCUT2D eigenvalue weighted by molar-refractivity contribution is -0.117. The summed E-state index contributed by atoms with van der Waals surface area (Å²) in [6.45, 7) is 3.79. The molecule has 5 nitrogen and oxygen atoms in total. The summed E-state index contributed by atoms with van der Waals surface area (Å²) in [5.41, 5.74) is 3.78. The Kier molecular flexibility index (Phi) is 7.06. The number of para-hydroxylation sites is 2. The third kappa shape index (κ3) is 4.72. The zero-order valence-corrected chi connectivity index (χ0v) is 20.3. The van der Waals surface area contributed by atoms with E-state index in [0.717, 1.165) is 16.7 Å². The molecule has 34 heavy (non-hydrogen) atoms. The number of amides is 2. The lowest BCUT2D eigenvalue weighted by atomic mass is 10.1. The molecule has 1 heterocycles. The van der Waals surface area contributed by atoms with E-state index in [1.54, 1.807) is 18.2 Å². The van der Waals surface area contributed by atoms with Gasteiger partial charge in [-0.05, 0) is 55.2 Å². The number of hydrogen-bond acceptors (Lipinski definition) is 4. The summed E-state index contributed by atoms with van der Waals surface area (Å²) in [6.07, 6.45) is 0.382. The highest BCUT2D eigenvalue weighted by atomic mass is 35.5. The first-order chi connectivity index (χ1) is 16.4. The maximum absolute atomic E-state index is 13.5. The van der Waals surface area contributed by atoms with Crippen LogP contribution in [0.1, 0.15) is 16.7 Å². The second-order valence-electron chi connectivity index (χ2n) is 7.92. The van der Waals surface area contributed by atoms with Gasteiger partial charge in [-0.3, -0.25) is 14.5 Å². The van der Waals surface area contributed by atoms with E-state index in [1.165, 1.54) is 16.7 Å². The molecule has 0 aromatic heterocycles. The van der Waals surface area contributed by atoms with Gasteiger partial charge in [0, 0.05) is 16.4 Å². The summed E-state index contributed by atoms with van der Waals surface area (Å²) in [5, 5.41) is 13.3. The number of rotatable bonds is 5. The molecule has 1 aliphatic heterocycles. The van der Waals surface area contributed by atoms with Crippen molar-refractivity contribution in [1.29, 1.82) is 5.26 Å². The minimum Gasteiger partial charge on any atom is -0.321 e. The number of hydrogen-bond donors (Lipinski definition) is 1. The van der Waals surface area contributed by atoms with Crippen molar-refractivity contribution >= 4 is 46.6 Å². The predicted molar refractivity (Wildman–Crippen MR) is 138 cm³/mol. The molecule has 3 aromatic rings. The first-order valence-electron chi connectivity index (χ1n) is 10.7. The van der Waals surface area contributed by atoms with Gasteiger partial charge in [-0.2, -0.15) is 5.26 Å². The van der Waals surface area contributed by atoms with E-state index in [2.05, 4.69) is 5.32 Å². The number of anilines is 2. The molecule has 170 valence electrons. The molecule has 3 aromatic carbocycles. The number of aryl methyl sites for hydroxylation is 2. The monoisotopic (exact) mass is 487 g/mol. The Balaban J connectivity index is 1.75. The summed E-state index contributed by atoms with van der Waals surface area (Å²) in [7, 11) is 0. The third-order valence-electron chi connectivity index (χ3n) is 5.60. The molecule has 0 saturated carbocycles. The Morgan fingerprint density at radius 1 is 1.03 bits per heavy atom. The van der Waals surface area contributed by atoms with Crippen molar-refractivity contribution in [2.45, 2.75) is 25.5 Å². The molecular weight excluding hydrogens is 466 g/mol. The first kappa shape index (κ1) is 23.6. The third-order valence-corrected chi connectivity index (χ3v) is 7.23. The largest absolute Gasteiger partial charge is 0.321 e. The maximum Gasteiger partial charge on any atom is 0.269 e. The summed E-state index contributed by atoms with van der Waals surface area (Å²) < 4.78 is 0. The number of nitrogens with one attached hydrogen (secondary N) is 1. The van der Waals surface area contributed by atoms with Gasteiger partial charge in [0.15, 0.2) is 0 Å². The predicted octanol–water partition coefficient (Wildman–Crippen LogP) is 6.02. The van der Waals surface area contributed by atoms with E-state index >= 15 is 0 Å². The highest BCUT2D eigenvalue weighted by molar-refractivity contribution is 8.05. The van der Waals surface area contributed by atoms with Crippen LogP contribution >= 0.6 is 23.4 Å². The number of halogens is 1. The van der Waals surface area contributed by atoms with Gasteiger partial charge in [0.05, 0.1) is 5.25 Å². The van der Waals surface area contributed by atoms with Gasteiger partial charge in [0.2, 0.25) is 5.91 Å². The number of carbonyl (C=O) groups excluding carboxylic acids is 2. The van der Waals surface area contributed by atoms with Crippen LogP contribution in [-0.4, -0.2) is 17.1 Å². The number of carbonyl (C=O) groups is 2. The standard InChI is InChI=1S/C27H22ClN3O2S/c1-17-9-8-10-18(2)24(17)30-25(32)21(16-29)27-31(20-12-4-3-5-13-20)26(33)23(34-27)15-19-11-6-7-14-22(19)28/h3-14,23H,15H2,1-2H3,(H,30,32)/b27-21-/t23-/m0/s1. The van der Waals surface area contributed by atoms with Gasteiger partial charge in [0.1, 0.15) is 16.7 Å². The Hall–Kier alpha value is -3.53. The molecule has 1 saturated heterocycles. The minimum atomic E-state index is -0.547. The van der Waals surface area contributed by atoms with Crippen LogP contribution in [0.4, 0.5) is 11.4 Å². The second kappa shape index (κ2) is 10.2. The number of benzene rings is 3. The van der Waals surface area contributed by atoms with Crippen molar-refractivity contribution in [1.82, 2.24) is 0 Å². The Morgan fingerprint density at radius 3 is 2.32 bits per heavy atom. The number of nitrogens with zero attached hydrogens (tertiary/aromatic N) is 2. The molecule has 1 fully saturated rings.